The highest BCUT2D eigenvalue weighted by molar-refractivity contribution is 7.18. The number of methoxy groups -OCH3 is 1. The third kappa shape index (κ3) is 6.30. The van der Waals surface area contributed by atoms with Gasteiger partial charge < -0.3 is 10.1 Å². The number of ether oxygens (including phenoxy) is 1. The van der Waals surface area contributed by atoms with Gasteiger partial charge in [-0.3, -0.25) is 14.9 Å². The SMILES string of the molecule is CCCCCC(=O)NC(C(=O)Nc1nnc(-c2ccc(OC)cc2)s1)C(C)C. The summed E-state index contributed by atoms with van der Waals surface area (Å²) in [5.41, 5.74) is 0.892. The molecule has 0 spiro atoms. The second kappa shape index (κ2) is 10.8. The first kappa shape index (κ1) is 21.8. The average molecular weight is 405 g/mol. The zero-order valence-corrected chi connectivity index (χ0v) is 17.6. The monoisotopic (exact) mass is 404 g/mol. The van der Waals surface area contributed by atoms with Crippen molar-refractivity contribution in [1.82, 2.24) is 15.5 Å². The fraction of sp³-hybridized carbons (Fsp3) is 0.500. The van der Waals surface area contributed by atoms with Crippen molar-refractivity contribution in [2.45, 2.75) is 52.5 Å². The van der Waals surface area contributed by atoms with Crippen LogP contribution in [0.5, 0.6) is 5.75 Å². The predicted molar refractivity (Wildman–Crippen MR) is 111 cm³/mol. The van der Waals surface area contributed by atoms with Crippen molar-refractivity contribution in [1.29, 1.82) is 0 Å². The molecule has 0 fully saturated rings. The van der Waals surface area contributed by atoms with Gasteiger partial charge in [0.15, 0.2) is 0 Å². The van der Waals surface area contributed by atoms with E-state index in [1.165, 1.54) is 11.3 Å². The fourth-order valence-electron chi connectivity index (χ4n) is 2.62. The summed E-state index contributed by atoms with van der Waals surface area (Å²) in [7, 11) is 1.61. The lowest BCUT2D eigenvalue weighted by atomic mass is 10.0. The van der Waals surface area contributed by atoms with Crippen LogP contribution in [0.15, 0.2) is 24.3 Å². The molecule has 8 heteroatoms. The maximum atomic E-state index is 12.6. The molecule has 1 aromatic carbocycles. The van der Waals surface area contributed by atoms with E-state index in [2.05, 4.69) is 27.8 Å². The highest BCUT2D eigenvalue weighted by Gasteiger charge is 2.25. The third-order valence-electron chi connectivity index (χ3n) is 4.27. The summed E-state index contributed by atoms with van der Waals surface area (Å²) in [4.78, 5) is 24.7. The number of rotatable bonds is 10. The van der Waals surface area contributed by atoms with E-state index in [1.54, 1.807) is 7.11 Å². The van der Waals surface area contributed by atoms with Crippen molar-refractivity contribution >= 4 is 28.3 Å². The quantitative estimate of drug-likeness (QED) is 0.586. The lowest BCUT2D eigenvalue weighted by Crippen LogP contribution is -2.47. The van der Waals surface area contributed by atoms with Gasteiger partial charge in [-0.2, -0.15) is 0 Å². The zero-order valence-electron chi connectivity index (χ0n) is 16.8. The van der Waals surface area contributed by atoms with Gasteiger partial charge in [0.1, 0.15) is 16.8 Å². The largest absolute Gasteiger partial charge is 0.497 e. The number of aromatic nitrogens is 2. The lowest BCUT2D eigenvalue weighted by molar-refractivity contribution is -0.127. The lowest BCUT2D eigenvalue weighted by Gasteiger charge is -2.21. The number of nitrogens with zero attached hydrogens (tertiary/aromatic N) is 2. The molecule has 28 heavy (non-hydrogen) atoms. The van der Waals surface area contributed by atoms with Crippen LogP contribution >= 0.6 is 11.3 Å². The number of carbonyl (C=O) groups excluding carboxylic acids is 2. The van der Waals surface area contributed by atoms with Crippen LogP contribution in [0.4, 0.5) is 5.13 Å². The Morgan fingerprint density at radius 3 is 2.46 bits per heavy atom. The summed E-state index contributed by atoms with van der Waals surface area (Å²) in [5, 5.41) is 14.9. The number of nitrogens with one attached hydrogen (secondary N) is 2. The van der Waals surface area contributed by atoms with Gasteiger partial charge in [-0.25, -0.2) is 0 Å². The second-order valence-electron chi connectivity index (χ2n) is 6.88. The molecule has 0 aliphatic heterocycles. The first-order chi connectivity index (χ1) is 13.4. The highest BCUT2D eigenvalue weighted by atomic mass is 32.1. The van der Waals surface area contributed by atoms with Crippen LogP contribution in [0.25, 0.3) is 10.6 Å². The number of hydrogen-bond donors (Lipinski definition) is 2. The standard InChI is InChI=1S/C20H28N4O3S/c1-5-6-7-8-16(25)21-17(13(2)3)18(26)22-20-24-23-19(28-20)14-9-11-15(27-4)12-10-14/h9-13,17H,5-8H2,1-4H3,(H,21,25)(H,22,24,26). The van der Waals surface area contributed by atoms with Gasteiger partial charge in [-0.1, -0.05) is 44.9 Å². The number of anilines is 1. The first-order valence-electron chi connectivity index (χ1n) is 9.52. The molecule has 2 rings (SSSR count). The van der Waals surface area contributed by atoms with E-state index in [1.807, 2.05) is 38.1 Å². The molecule has 1 heterocycles. The van der Waals surface area contributed by atoms with Gasteiger partial charge in [0.2, 0.25) is 16.9 Å². The van der Waals surface area contributed by atoms with Crippen molar-refractivity contribution in [3.8, 4) is 16.3 Å². The highest BCUT2D eigenvalue weighted by Crippen LogP contribution is 2.28. The average Bonchev–Trinajstić information content (AvgIpc) is 3.14. The van der Waals surface area contributed by atoms with Crippen LogP contribution < -0.4 is 15.4 Å². The summed E-state index contributed by atoms with van der Waals surface area (Å²) in [6.45, 7) is 5.89. The predicted octanol–water partition coefficient (Wildman–Crippen LogP) is 3.87. The topological polar surface area (TPSA) is 93.2 Å². The van der Waals surface area contributed by atoms with Crippen LogP contribution in [0.3, 0.4) is 0 Å². The maximum Gasteiger partial charge on any atom is 0.249 e. The van der Waals surface area contributed by atoms with Crippen molar-refractivity contribution in [2.75, 3.05) is 12.4 Å². The van der Waals surface area contributed by atoms with Crippen LogP contribution in [0.1, 0.15) is 46.5 Å². The van der Waals surface area contributed by atoms with Crippen LogP contribution in [-0.4, -0.2) is 35.2 Å². The van der Waals surface area contributed by atoms with Crippen LogP contribution in [0, 0.1) is 5.92 Å². The Labute approximate surface area is 169 Å². The number of carbonyl (C=O) groups is 2. The number of benzene rings is 1. The molecule has 0 radical (unpaired) electrons. The van der Waals surface area contributed by atoms with E-state index in [0.717, 1.165) is 30.6 Å². The van der Waals surface area contributed by atoms with Gasteiger partial charge in [0.05, 0.1) is 7.11 Å². The summed E-state index contributed by atoms with van der Waals surface area (Å²) < 4.78 is 5.15. The molecule has 0 saturated heterocycles. The van der Waals surface area contributed by atoms with Gasteiger partial charge in [0, 0.05) is 12.0 Å². The molecule has 2 N–H and O–H groups in total. The van der Waals surface area contributed by atoms with Crippen molar-refractivity contribution in [2.24, 2.45) is 5.92 Å². The maximum absolute atomic E-state index is 12.6. The minimum absolute atomic E-state index is 0.0379. The third-order valence-corrected chi connectivity index (χ3v) is 5.15. The van der Waals surface area contributed by atoms with Crippen LogP contribution in [-0.2, 0) is 9.59 Å². The number of hydrogen-bond acceptors (Lipinski definition) is 6. The van der Waals surface area contributed by atoms with Crippen molar-refractivity contribution in [3.63, 3.8) is 0 Å². The number of amides is 2. The number of unbranched alkanes of at least 4 members (excludes halogenated alkanes) is 2. The Morgan fingerprint density at radius 2 is 1.86 bits per heavy atom. The molecule has 0 saturated carbocycles. The van der Waals surface area contributed by atoms with Gasteiger partial charge >= 0.3 is 0 Å². The van der Waals surface area contributed by atoms with E-state index in [4.69, 9.17) is 4.74 Å². The normalized spacial score (nSPS) is 11.9. The van der Waals surface area contributed by atoms with E-state index in [-0.39, 0.29) is 17.7 Å². The fourth-order valence-corrected chi connectivity index (χ4v) is 3.38. The van der Waals surface area contributed by atoms with E-state index >= 15 is 0 Å². The summed E-state index contributed by atoms with van der Waals surface area (Å²) in [6, 6.07) is 6.86. The van der Waals surface area contributed by atoms with Gasteiger partial charge in [-0.15, -0.1) is 10.2 Å². The Bertz CT molecular complexity index is 774. The molecule has 1 atom stereocenters. The van der Waals surface area contributed by atoms with Gasteiger partial charge in [0.25, 0.3) is 0 Å². The van der Waals surface area contributed by atoms with Gasteiger partial charge in [-0.05, 0) is 36.6 Å². The van der Waals surface area contributed by atoms with Crippen molar-refractivity contribution in [3.05, 3.63) is 24.3 Å². The second-order valence-corrected chi connectivity index (χ2v) is 7.85. The Morgan fingerprint density at radius 1 is 1.14 bits per heavy atom. The Kier molecular flexibility index (Phi) is 8.38. The minimum atomic E-state index is -0.609. The van der Waals surface area contributed by atoms with Crippen molar-refractivity contribution < 1.29 is 14.3 Å². The Balaban J connectivity index is 1.99. The molecule has 2 amide bonds. The minimum Gasteiger partial charge on any atom is -0.497 e. The summed E-state index contributed by atoms with van der Waals surface area (Å²) in [6.07, 6.45) is 3.32. The molecule has 152 valence electrons. The van der Waals surface area contributed by atoms with E-state index in [0.29, 0.717) is 16.6 Å². The summed E-state index contributed by atoms with van der Waals surface area (Å²) in [5.74, 6) is 0.343. The molecular formula is C20H28N4O3S. The molecule has 1 aromatic heterocycles. The molecule has 0 bridgehead atoms. The van der Waals surface area contributed by atoms with E-state index < -0.39 is 6.04 Å². The molecule has 0 aliphatic carbocycles. The molecule has 2 aromatic rings. The first-order valence-corrected chi connectivity index (χ1v) is 10.3. The zero-order chi connectivity index (χ0) is 20.5. The van der Waals surface area contributed by atoms with Crippen LogP contribution in [0.2, 0.25) is 0 Å². The Hall–Kier alpha value is -2.48. The summed E-state index contributed by atoms with van der Waals surface area (Å²) >= 11 is 1.28. The molecular weight excluding hydrogens is 376 g/mol. The molecule has 0 aliphatic rings. The van der Waals surface area contributed by atoms with E-state index in [9.17, 15) is 9.59 Å². The molecule has 7 nitrogen and oxygen atoms in total. The smallest absolute Gasteiger partial charge is 0.249 e. The molecule has 1 unspecified atom stereocenters.